The lowest BCUT2D eigenvalue weighted by Crippen LogP contribution is -2.44. The molecule has 0 saturated carbocycles. The van der Waals surface area contributed by atoms with E-state index in [-0.39, 0.29) is 37.1 Å². The number of ether oxygens (including phenoxy) is 1. The Balaban J connectivity index is 1.92. The molecule has 1 aliphatic rings. The zero-order valence-electron chi connectivity index (χ0n) is 15.8. The van der Waals surface area contributed by atoms with Gasteiger partial charge in [-0.2, -0.15) is 5.10 Å². The van der Waals surface area contributed by atoms with Crippen molar-refractivity contribution in [3.8, 4) is 0 Å². The summed E-state index contributed by atoms with van der Waals surface area (Å²) < 4.78 is 4.92. The summed E-state index contributed by atoms with van der Waals surface area (Å²) in [7, 11) is 3.16. The Kier molecular flexibility index (Phi) is 7.94. The van der Waals surface area contributed by atoms with Crippen LogP contribution in [0.25, 0.3) is 0 Å². The second kappa shape index (κ2) is 10.4. The maximum Gasteiger partial charge on any atom is 0.270 e. The van der Waals surface area contributed by atoms with Crippen LogP contribution in [0.3, 0.4) is 0 Å². The summed E-state index contributed by atoms with van der Waals surface area (Å²) in [6.07, 6.45) is 1.22. The molecule has 2 rings (SSSR count). The molecule has 0 bridgehead atoms. The van der Waals surface area contributed by atoms with Crippen molar-refractivity contribution in [2.24, 2.45) is 5.10 Å². The first-order chi connectivity index (χ1) is 13.0. The fourth-order valence-corrected chi connectivity index (χ4v) is 2.64. The Hall–Kier alpha value is -2.74. The number of nitrogens with one attached hydrogen (secondary N) is 1. The van der Waals surface area contributed by atoms with E-state index >= 15 is 0 Å². The van der Waals surface area contributed by atoms with Crippen molar-refractivity contribution in [3.05, 3.63) is 35.9 Å². The topological polar surface area (TPSA) is 91.3 Å². The highest BCUT2D eigenvalue weighted by Gasteiger charge is 2.27. The minimum absolute atomic E-state index is 0.0581. The van der Waals surface area contributed by atoms with Crippen LogP contribution < -0.4 is 5.32 Å². The molecule has 8 heteroatoms. The lowest BCUT2D eigenvalue weighted by molar-refractivity contribution is -0.133. The fourth-order valence-electron chi connectivity index (χ4n) is 2.64. The van der Waals surface area contributed by atoms with Gasteiger partial charge >= 0.3 is 0 Å². The molecular formula is C19H26N4O4. The second-order valence-corrected chi connectivity index (χ2v) is 6.34. The summed E-state index contributed by atoms with van der Waals surface area (Å²) in [5, 5.41) is 8.30. The summed E-state index contributed by atoms with van der Waals surface area (Å²) in [5.41, 5.74) is 1.23. The van der Waals surface area contributed by atoms with Gasteiger partial charge in [0.25, 0.3) is 5.91 Å². The summed E-state index contributed by atoms with van der Waals surface area (Å²) in [6.45, 7) is 1.32. The van der Waals surface area contributed by atoms with E-state index in [9.17, 15) is 14.4 Å². The van der Waals surface area contributed by atoms with Gasteiger partial charge in [-0.3, -0.25) is 14.4 Å². The van der Waals surface area contributed by atoms with Crippen LogP contribution in [0.4, 0.5) is 0 Å². The van der Waals surface area contributed by atoms with Crippen molar-refractivity contribution in [2.75, 3.05) is 33.9 Å². The van der Waals surface area contributed by atoms with E-state index in [0.29, 0.717) is 31.8 Å². The molecule has 8 nitrogen and oxygen atoms in total. The van der Waals surface area contributed by atoms with Gasteiger partial charge in [-0.25, -0.2) is 5.01 Å². The van der Waals surface area contributed by atoms with Crippen molar-refractivity contribution in [1.82, 2.24) is 15.2 Å². The number of carbonyl (C=O) groups excluding carboxylic acids is 3. The predicted octanol–water partition coefficient (Wildman–Crippen LogP) is 0.776. The lowest BCUT2D eigenvalue weighted by Gasteiger charge is -2.25. The molecule has 0 radical (unpaired) electrons. The van der Waals surface area contributed by atoms with E-state index in [2.05, 4.69) is 10.4 Å². The molecule has 0 saturated heterocycles. The van der Waals surface area contributed by atoms with Gasteiger partial charge in [0.05, 0.1) is 13.1 Å². The van der Waals surface area contributed by atoms with Crippen LogP contribution in [0, 0.1) is 0 Å². The van der Waals surface area contributed by atoms with Crippen LogP contribution in [0.5, 0.6) is 0 Å². The average molecular weight is 374 g/mol. The third-order valence-corrected chi connectivity index (χ3v) is 4.10. The van der Waals surface area contributed by atoms with Gasteiger partial charge in [0.2, 0.25) is 11.8 Å². The molecule has 27 heavy (non-hydrogen) atoms. The number of methoxy groups -OCH3 is 1. The smallest absolute Gasteiger partial charge is 0.270 e. The molecule has 0 atom stereocenters. The molecule has 146 valence electrons. The first kappa shape index (κ1) is 20.6. The monoisotopic (exact) mass is 374 g/mol. The minimum atomic E-state index is -0.340. The van der Waals surface area contributed by atoms with Gasteiger partial charge in [0.1, 0.15) is 5.71 Å². The number of nitrogens with zero attached hydrogens (tertiary/aromatic N) is 3. The molecule has 0 aromatic heterocycles. The Morgan fingerprint density at radius 3 is 2.70 bits per heavy atom. The van der Waals surface area contributed by atoms with Crippen LogP contribution in [0.1, 0.15) is 24.8 Å². The zero-order valence-corrected chi connectivity index (χ0v) is 15.8. The van der Waals surface area contributed by atoms with Gasteiger partial charge in [-0.15, -0.1) is 0 Å². The zero-order chi connectivity index (χ0) is 19.6. The maximum absolute atomic E-state index is 12.6. The summed E-state index contributed by atoms with van der Waals surface area (Å²) in [4.78, 5) is 37.9. The van der Waals surface area contributed by atoms with Crippen molar-refractivity contribution < 1.29 is 19.1 Å². The minimum Gasteiger partial charge on any atom is -0.385 e. The summed E-state index contributed by atoms with van der Waals surface area (Å²) in [6, 6.07) is 9.48. The van der Waals surface area contributed by atoms with Gasteiger partial charge in [0.15, 0.2) is 0 Å². The quantitative estimate of drug-likeness (QED) is 0.647. The number of amides is 3. The normalized spacial score (nSPS) is 13.9. The molecule has 1 N–H and O–H groups in total. The molecule has 1 aliphatic heterocycles. The molecular weight excluding hydrogens is 348 g/mol. The van der Waals surface area contributed by atoms with Crippen LogP contribution in [-0.2, 0) is 25.7 Å². The Morgan fingerprint density at radius 2 is 2.00 bits per heavy atom. The molecule has 1 heterocycles. The van der Waals surface area contributed by atoms with Gasteiger partial charge < -0.3 is 15.0 Å². The maximum atomic E-state index is 12.6. The molecule has 0 aliphatic carbocycles. The van der Waals surface area contributed by atoms with E-state index in [1.165, 1.54) is 9.91 Å². The summed E-state index contributed by atoms with van der Waals surface area (Å²) in [5.74, 6) is -0.697. The molecule has 1 aromatic carbocycles. The SMILES string of the molecule is COCCCNC(=O)CN(C)C(=O)C1=NN(Cc2ccccc2)C(=O)CC1. The molecule has 3 amide bonds. The van der Waals surface area contributed by atoms with Crippen LogP contribution >= 0.6 is 0 Å². The average Bonchev–Trinajstić information content (AvgIpc) is 2.67. The van der Waals surface area contributed by atoms with Crippen molar-refractivity contribution in [3.63, 3.8) is 0 Å². The third-order valence-electron chi connectivity index (χ3n) is 4.10. The second-order valence-electron chi connectivity index (χ2n) is 6.34. The highest BCUT2D eigenvalue weighted by atomic mass is 16.5. The first-order valence-electron chi connectivity index (χ1n) is 8.94. The number of hydrogen-bond donors (Lipinski definition) is 1. The number of carbonyl (C=O) groups is 3. The number of hydrazone groups is 1. The van der Waals surface area contributed by atoms with E-state index in [4.69, 9.17) is 4.74 Å². The molecule has 0 fully saturated rings. The van der Waals surface area contributed by atoms with Gasteiger partial charge in [-0.05, 0) is 12.0 Å². The van der Waals surface area contributed by atoms with E-state index < -0.39 is 0 Å². The Labute approximate surface area is 159 Å². The molecule has 0 spiro atoms. The Morgan fingerprint density at radius 1 is 1.26 bits per heavy atom. The van der Waals surface area contributed by atoms with Crippen molar-refractivity contribution >= 4 is 23.4 Å². The van der Waals surface area contributed by atoms with Crippen LogP contribution in [-0.4, -0.2) is 67.2 Å². The van der Waals surface area contributed by atoms with E-state index in [1.807, 2.05) is 30.3 Å². The highest BCUT2D eigenvalue weighted by molar-refractivity contribution is 6.39. The van der Waals surface area contributed by atoms with Crippen LogP contribution in [0.15, 0.2) is 35.4 Å². The van der Waals surface area contributed by atoms with E-state index in [1.54, 1.807) is 14.2 Å². The number of hydrogen-bond acceptors (Lipinski definition) is 5. The number of rotatable bonds is 9. The van der Waals surface area contributed by atoms with Crippen molar-refractivity contribution in [2.45, 2.75) is 25.8 Å². The molecule has 1 aromatic rings. The van der Waals surface area contributed by atoms with Crippen LogP contribution in [0.2, 0.25) is 0 Å². The fraction of sp³-hybridized carbons (Fsp3) is 0.474. The summed E-state index contributed by atoms with van der Waals surface area (Å²) >= 11 is 0. The number of benzene rings is 1. The van der Waals surface area contributed by atoms with Crippen molar-refractivity contribution in [1.29, 1.82) is 0 Å². The predicted molar refractivity (Wildman–Crippen MR) is 101 cm³/mol. The highest BCUT2D eigenvalue weighted by Crippen LogP contribution is 2.14. The Bertz CT molecular complexity index is 690. The van der Waals surface area contributed by atoms with E-state index in [0.717, 1.165) is 5.56 Å². The molecule has 0 unspecified atom stereocenters. The van der Waals surface area contributed by atoms with Gasteiger partial charge in [0, 0.05) is 40.2 Å². The van der Waals surface area contributed by atoms with Gasteiger partial charge in [-0.1, -0.05) is 30.3 Å². The largest absolute Gasteiger partial charge is 0.385 e. The standard InChI is InChI=1S/C19H26N4O4/c1-22(14-17(24)20-11-6-12-27-2)19(26)16-9-10-18(25)23(21-16)13-15-7-4-3-5-8-15/h3-5,7-8H,6,9-14H2,1-2H3,(H,20,24). The lowest BCUT2D eigenvalue weighted by atomic mass is 10.1. The number of likely N-dealkylation sites (N-methyl/N-ethyl adjacent to an activating group) is 1. The first-order valence-corrected chi connectivity index (χ1v) is 8.94. The third kappa shape index (κ3) is 6.49.